The van der Waals surface area contributed by atoms with Gasteiger partial charge in [0.25, 0.3) is 0 Å². The smallest absolute Gasteiger partial charge is 0.409 e. The Labute approximate surface area is 211 Å². The first-order chi connectivity index (χ1) is 17.1. The lowest BCUT2D eigenvalue weighted by atomic mass is 10.1. The number of imidazole rings is 1. The molecule has 2 aromatic heterocycles. The number of nitrogens with one attached hydrogen (secondary N) is 1. The molecule has 0 bridgehead atoms. The molecule has 0 radical (unpaired) electrons. The summed E-state index contributed by atoms with van der Waals surface area (Å²) in [4.78, 5) is 31.2. The van der Waals surface area contributed by atoms with Gasteiger partial charge in [-0.1, -0.05) is 36.4 Å². The van der Waals surface area contributed by atoms with E-state index < -0.39 is 17.7 Å². The molecule has 1 unspecified atom stereocenters. The van der Waals surface area contributed by atoms with E-state index in [1.54, 1.807) is 20.9 Å². The van der Waals surface area contributed by atoms with Crippen LogP contribution in [-0.4, -0.2) is 63.7 Å². The van der Waals surface area contributed by atoms with Crippen LogP contribution in [0.25, 0.3) is 5.52 Å². The van der Waals surface area contributed by atoms with Gasteiger partial charge in [-0.3, -0.25) is 9.20 Å². The van der Waals surface area contributed by atoms with Crippen molar-refractivity contribution in [3.05, 3.63) is 71.3 Å². The summed E-state index contributed by atoms with van der Waals surface area (Å²) in [5.74, 6) is 0.197. The number of ether oxygens (including phenoxy) is 2. The molecule has 1 aromatic carbocycles. The van der Waals surface area contributed by atoms with Gasteiger partial charge in [0.15, 0.2) is 0 Å². The molecule has 194 valence electrons. The van der Waals surface area contributed by atoms with E-state index in [4.69, 9.17) is 25.3 Å². The zero-order valence-corrected chi connectivity index (χ0v) is 21.2. The molecular weight excluding hydrogens is 462 g/mol. The van der Waals surface area contributed by atoms with Crippen LogP contribution in [0.3, 0.4) is 0 Å². The molecule has 3 aromatic rings. The second kappa shape index (κ2) is 12.0. The van der Waals surface area contributed by atoms with E-state index in [0.717, 1.165) is 16.8 Å². The van der Waals surface area contributed by atoms with Crippen molar-refractivity contribution in [1.29, 1.82) is 0 Å². The Morgan fingerprint density at radius 3 is 2.56 bits per heavy atom. The summed E-state index contributed by atoms with van der Waals surface area (Å²) >= 11 is 0. The molecule has 4 N–H and O–H groups in total. The van der Waals surface area contributed by atoms with Gasteiger partial charge in [0.05, 0.1) is 42.3 Å². The first kappa shape index (κ1) is 27.1. The fourth-order valence-corrected chi connectivity index (χ4v) is 3.61. The van der Waals surface area contributed by atoms with Crippen LogP contribution in [0.4, 0.5) is 4.79 Å². The maximum absolute atomic E-state index is 12.8. The van der Waals surface area contributed by atoms with Gasteiger partial charge in [-0.15, -0.1) is 0 Å². The van der Waals surface area contributed by atoms with Crippen molar-refractivity contribution >= 4 is 17.5 Å². The number of carbonyl (C=O) groups is 2. The van der Waals surface area contributed by atoms with Crippen LogP contribution < -0.4 is 11.1 Å². The summed E-state index contributed by atoms with van der Waals surface area (Å²) in [6.07, 6.45) is -0.555. The SMILES string of the molecule is Cc1nc(C(COCc2ccccc2)NC(=O)C(C)(C)N)n2c(COC(=O)N(C)CCO)cccc12. The number of hydrogen-bond acceptors (Lipinski definition) is 7. The van der Waals surface area contributed by atoms with Crippen molar-refractivity contribution in [2.24, 2.45) is 5.73 Å². The van der Waals surface area contributed by atoms with E-state index in [-0.39, 0.29) is 32.3 Å². The van der Waals surface area contributed by atoms with Crippen LogP contribution in [0.5, 0.6) is 0 Å². The van der Waals surface area contributed by atoms with Crippen LogP contribution in [-0.2, 0) is 27.5 Å². The number of benzene rings is 1. The summed E-state index contributed by atoms with van der Waals surface area (Å²) in [6, 6.07) is 14.7. The number of nitrogens with two attached hydrogens (primary N) is 1. The minimum absolute atomic E-state index is 0.0251. The molecule has 0 fully saturated rings. The predicted octanol–water partition coefficient (Wildman–Crippen LogP) is 2.31. The van der Waals surface area contributed by atoms with Crippen LogP contribution in [0, 0.1) is 6.92 Å². The minimum atomic E-state index is -1.10. The molecule has 0 aliphatic heterocycles. The maximum Gasteiger partial charge on any atom is 0.409 e. The molecule has 36 heavy (non-hydrogen) atoms. The number of aryl methyl sites for hydroxylation is 1. The van der Waals surface area contributed by atoms with E-state index in [0.29, 0.717) is 18.1 Å². The Morgan fingerprint density at radius 1 is 1.17 bits per heavy atom. The highest BCUT2D eigenvalue weighted by atomic mass is 16.6. The third-order valence-corrected chi connectivity index (χ3v) is 5.64. The standard InChI is InChI=1S/C26H35N5O5/c1-18-22-12-8-11-20(16-36-25(34)30(4)13-14-32)31(22)23(28-18)21(29-24(33)26(2,3)27)17-35-15-19-9-6-5-7-10-19/h5-12,21,32H,13-17,27H2,1-4H3,(H,29,33). The van der Waals surface area contributed by atoms with Crippen LogP contribution in [0.1, 0.15) is 42.7 Å². The number of aromatic nitrogens is 2. The predicted molar refractivity (Wildman–Crippen MR) is 135 cm³/mol. The number of pyridine rings is 1. The molecule has 0 saturated heterocycles. The second-order valence-corrected chi connectivity index (χ2v) is 9.24. The van der Waals surface area contributed by atoms with Crippen molar-refractivity contribution in [3.8, 4) is 0 Å². The van der Waals surface area contributed by atoms with Gasteiger partial charge in [0.2, 0.25) is 5.91 Å². The average Bonchev–Trinajstić information content (AvgIpc) is 3.19. The fraction of sp³-hybridized carbons (Fsp3) is 0.423. The maximum atomic E-state index is 12.8. The van der Waals surface area contributed by atoms with Crippen molar-refractivity contribution in [2.75, 3.05) is 26.8 Å². The Bertz CT molecular complexity index is 1170. The molecule has 1 atom stereocenters. The number of hydrogen-bond donors (Lipinski definition) is 3. The van der Waals surface area contributed by atoms with Gasteiger partial charge in [0.1, 0.15) is 18.5 Å². The quantitative estimate of drug-likeness (QED) is 0.370. The fourth-order valence-electron chi connectivity index (χ4n) is 3.61. The van der Waals surface area contributed by atoms with E-state index in [1.165, 1.54) is 4.90 Å². The minimum Gasteiger partial charge on any atom is -0.443 e. The number of likely N-dealkylation sites (N-methyl/N-ethyl adjacent to an activating group) is 1. The second-order valence-electron chi connectivity index (χ2n) is 9.24. The van der Waals surface area contributed by atoms with Crippen molar-refractivity contribution < 1.29 is 24.2 Å². The van der Waals surface area contributed by atoms with Gasteiger partial charge in [0, 0.05) is 13.6 Å². The van der Waals surface area contributed by atoms with Gasteiger partial charge >= 0.3 is 6.09 Å². The van der Waals surface area contributed by atoms with Crippen LogP contribution in [0.2, 0.25) is 0 Å². The zero-order chi connectivity index (χ0) is 26.3. The Morgan fingerprint density at radius 2 is 1.89 bits per heavy atom. The largest absolute Gasteiger partial charge is 0.443 e. The molecule has 0 aliphatic rings. The Kier molecular flexibility index (Phi) is 9.03. The molecule has 0 saturated carbocycles. The molecule has 10 nitrogen and oxygen atoms in total. The molecule has 0 spiro atoms. The van der Waals surface area contributed by atoms with E-state index in [2.05, 4.69) is 5.32 Å². The Balaban J connectivity index is 1.91. The van der Waals surface area contributed by atoms with Crippen molar-refractivity contribution in [2.45, 2.75) is 45.6 Å². The van der Waals surface area contributed by atoms with Crippen LogP contribution >= 0.6 is 0 Å². The highest BCUT2D eigenvalue weighted by Crippen LogP contribution is 2.23. The third-order valence-electron chi connectivity index (χ3n) is 5.64. The zero-order valence-electron chi connectivity index (χ0n) is 21.2. The number of carbonyl (C=O) groups excluding carboxylic acids is 2. The van der Waals surface area contributed by atoms with Crippen LogP contribution in [0.15, 0.2) is 48.5 Å². The first-order valence-electron chi connectivity index (χ1n) is 11.8. The van der Waals surface area contributed by atoms with E-state index >= 15 is 0 Å². The lowest BCUT2D eigenvalue weighted by Crippen LogP contribution is -2.51. The highest BCUT2D eigenvalue weighted by molar-refractivity contribution is 5.85. The lowest BCUT2D eigenvalue weighted by Gasteiger charge is -2.24. The molecule has 2 amide bonds. The van der Waals surface area contributed by atoms with E-state index in [9.17, 15) is 9.59 Å². The number of aliphatic hydroxyl groups is 1. The summed E-state index contributed by atoms with van der Waals surface area (Å²) in [5, 5.41) is 12.0. The molecule has 0 aliphatic carbocycles. The lowest BCUT2D eigenvalue weighted by molar-refractivity contribution is -0.126. The van der Waals surface area contributed by atoms with Gasteiger partial charge in [-0.05, 0) is 38.5 Å². The molecular formula is C26H35N5O5. The average molecular weight is 498 g/mol. The normalized spacial score (nSPS) is 12.4. The Hall–Kier alpha value is -3.47. The number of aliphatic hydroxyl groups excluding tert-OH is 1. The summed E-state index contributed by atoms with van der Waals surface area (Å²) < 4.78 is 13.3. The number of nitrogens with zero attached hydrogens (tertiary/aromatic N) is 3. The van der Waals surface area contributed by atoms with Gasteiger partial charge in [-0.25, -0.2) is 9.78 Å². The summed E-state index contributed by atoms with van der Waals surface area (Å²) in [5.41, 5.74) is 8.19. The van der Waals surface area contributed by atoms with Gasteiger partial charge < -0.3 is 30.5 Å². The topological polar surface area (TPSA) is 131 Å². The number of amides is 2. The third kappa shape index (κ3) is 6.81. The van der Waals surface area contributed by atoms with Crippen molar-refractivity contribution in [3.63, 3.8) is 0 Å². The van der Waals surface area contributed by atoms with E-state index in [1.807, 2.05) is 59.9 Å². The number of rotatable bonds is 11. The number of fused-ring (bicyclic) bond motifs is 1. The first-order valence-corrected chi connectivity index (χ1v) is 11.8. The van der Waals surface area contributed by atoms with Crippen molar-refractivity contribution in [1.82, 2.24) is 19.6 Å². The summed E-state index contributed by atoms with van der Waals surface area (Å²) in [7, 11) is 1.55. The molecule has 3 rings (SSSR count). The highest BCUT2D eigenvalue weighted by Gasteiger charge is 2.28. The molecule has 10 heteroatoms. The summed E-state index contributed by atoms with van der Waals surface area (Å²) in [6.45, 7) is 5.64. The van der Waals surface area contributed by atoms with Gasteiger partial charge in [-0.2, -0.15) is 0 Å². The molecule has 2 heterocycles. The monoisotopic (exact) mass is 497 g/mol.